The van der Waals surface area contributed by atoms with Gasteiger partial charge in [-0.05, 0) is 11.6 Å². The average Bonchev–Trinajstić information content (AvgIpc) is 2.75. The van der Waals surface area contributed by atoms with Crippen LogP contribution in [0.3, 0.4) is 0 Å². The van der Waals surface area contributed by atoms with E-state index in [1.807, 2.05) is 89.8 Å². The second kappa shape index (κ2) is 8.03. The standard InChI is InChI=1S/C23H18BrN3OS/c24-19-12-6-5-11-17(19)20-18(15-25)22(29)26-23(28,16-9-3-1-4-10-16)21(20)27-13-7-2-8-14-27/h1-14,20-21,26,28H/p+1/t20-,21-,23-/m1/s1. The van der Waals surface area contributed by atoms with E-state index in [1.165, 1.54) is 0 Å². The van der Waals surface area contributed by atoms with Crippen molar-refractivity contribution in [3.63, 3.8) is 0 Å². The fourth-order valence-corrected chi connectivity index (χ4v) is 4.85. The van der Waals surface area contributed by atoms with Crippen LogP contribution in [-0.4, -0.2) is 5.11 Å². The molecule has 1 aliphatic rings. The Hall–Kier alpha value is -2.59. The van der Waals surface area contributed by atoms with Crippen molar-refractivity contribution in [2.45, 2.75) is 17.7 Å². The molecule has 1 aromatic heterocycles. The van der Waals surface area contributed by atoms with E-state index in [4.69, 9.17) is 0 Å². The Morgan fingerprint density at radius 2 is 1.62 bits per heavy atom. The Morgan fingerprint density at radius 3 is 2.28 bits per heavy atom. The summed E-state index contributed by atoms with van der Waals surface area (Å²) in [6, 6.07) is 24.7. The molecular weight excluding hydrogens is 446 g/mol. The molecule has 1 aliphatic heterocycles. The first kappa shape index (κ1) is 19.7. The van der Waals surface area contributed by atoms with Gasteiger partial charge in [0.05, 0.1) is 22.6 Å². The van der Waals surface area contributed by atoms with Crippen molar-refractivity contribution >= 4 is 28.6 Å². The lowest BCUT2D eigenvalue weighted by Gasteiger charge is -2.42. The number of benzene rings is 2. The highest BCUT2D eigenvalue weighted by molar-refractivity contribution is 9.10. The van der Waals surface area contributed by atoms with Gasteiger partial charge in [-0.1, -0.05) is 70.5 Å². The first-order valence-corrected chi connectivity index (χ1v) is 10.4. The number of nitrogens with zero attached hydrogens (tertiary/aromatic N) is 2. The second-order valence-corrected chi connectivity index (χ2v) is 8.20. The highest BCUT2D eigenvalue weighted by atomic mass is 79.9. The molecule has 29 heavy (non-hydrogen) atoms. The molecule has 0 bridgehead atoms. The van der Waals surface area contributed by atoms with Gasteiger partial charge >= 0.3 is 0 Å². The minimum Gasteiger partial charge on any atom is -0.362 e. The maximum atomic E-state index is 12.0. The highest BCUT2D eigenvalue weighted by Gasteiger charge is 2.55. The number of hydrogen-bond acceptors (Lipinski definition) is 4. The summed E-state index contributed by atoms with van der Waals surface area (Å²) in [5.41, 5.74) is 0.599. The molecule has 6 heteroatoms. The summed E-state index contributed by atoms with van der Waals surface area (Å²) in [5, 5.41) is 25.5. The van der Waals surface area contributed by atoms with Crippen molar-refractivity contribution < 1.29 is 9.67 Å². The van der Waals surface area contributed by atoms with Gasteiger partial charge in [-0.3, -0.25) is 0 Å². The third kappa shape index (κ3) is 3.46. The van der Waals surface area contributed by atoms with Gasteiger partial charge in [0.25, 0.3) is 0 Å². The SMILES string of the molecule is N#CC1=C(S)N[C@@](O)(c2ccccc2)[C@H]([n+]2ccccc2)[C@@H]1c1ccccc1Br. The van der Waals surface area contributed by atoms with Crippen LogP contribution in [0.1, 0.15) is 23.1 Å². The van der Waals surface area contributed by atoms with Crippen molar-refractivity contribution in [1.29, 1.82) is 5.26 Å². The second-order valence-electron chi connectivity index (χ2n) is 6.90. The molecule has 2 aromatic carbocycles. The molecule has 2 N–H and O–H groups in total. The van der Waals surface area contributed by atoms with Gasteiger partial charge < -0.3 is 10.4 Å². The zero-order valence-electron chi connectivity index (χ0n) is 15.4. The van der Waals surface area contributed by atoms with Gasteiger partial charge in [-0.2, -0.15) is 9.83 Å². The summed E-state index contributed by atoms with van der Waals surface area (Å²) in [6.45, 7) is 0. The molecule has 0 radical (unpaired) electrons. The van der Waals surface area contributed by atoms with E-state index < -0.39 is 17.7 Å². The summed E-state index contributed by atoms with van der Waals surface area (Å²) in [7, 11) is 0. The molecule has 4 nitrogen and oxygen atoms in total. The van der Waals surface area contributed by atoms with Gasteiger partial charge in [0.15, 0.2) is 12.4 Å². The number of thiol groups is 1. The van der Waals surface area contributed by atoms with Crippen molar-refractivity contribution in [1.82, 2.24) is 5.32 Å². The van der Waals surface area contributed by atoms with Crippen LogP contribution in [0.2, 0.25) is 0 Å². The molecule has 0 aliphatic carbocycles. The Bertz CT molecular complexity index is 1100. The third-order valence-electron chi connectivity index (χ3n) is 5.25. The molecule has 0 saturated heterocycles. The van der Waals surface area contributed by atoms with Crippen LogP contribution in [-0.2, 0) is 5.72 Å². The summed E-state index contributed by atoms with van der Waals surface area (Å²) in [5.74, 6) is -0.429. The van der Waals surface area contributed by atoms with Gasteiger partial charge in [0.2, 0.25) is 11.8 Å². The van der Waals surface area contributed by atoms with Gasteiger partial charge in [0, 0.05) is 22.2 Å². The van der Waals surface area contributed by atoms with E-state index in [9.17, 15) is 10.4 Å². The molecule has 4 rings (SSSR count). The third-order valence-corrected chi connectivity index (χ3v) is 6.33. The van der Waals surface area contributed by atoms with E-state index in [2.05, 4.69) is 39.9 Å². The monoisotopic (exact) mass is 464 g/mol. The Morgan fingerprint density at radius 1 is 1.00 bits per heavy atom. The molecule has 0 saturated carbocycles. The topological polar surface area (TPSA) is 59.9 Å². The van der Waals surface area contributed by atoms with Crippen molar-refractivity contribution in [3.05, 3.63) is 111 Å². The summed E-state index contributed by atoms with van der Waals surface area (Å²) in [6.07, 6.45) is 3.81. The Balaban J connectivity index is 2.03. The quantitative estimate of drug-likeness (QED) is 0.402. The maximum Gasteiger partial charge on any atom is 0.227 e. The van der Waals surface area contributed by atoms with E-state index in [-0.39, 0.29) is 0 Å². The maximum absolute atomic E-state index is 12.0. The number of nitriles is 1. The molecule has 3 atom stereocenters. The molecule has 0 amide bonds. The molecular formula is C23H19BrN3OS+. The lowest BCUT2D eigenvalue weighted by Crippen LogP contribution is -2.62. The van der Waals surface area contributed by atoms with Crippen molar-refractivity contribution in [3.8, 4) is 6.07 Å². The minimum absolute atomic E-state index is 0.368. The van der Waals surface area contributed by atoms with Crippen LogP contribution in [0, 0.1) is 11.3 Å². The van der Waals surface area contributed by atoms with E-state index in [0.717, 1.165) is 10.0 Å². The molecule has 144 valence electrons. The molecule has 0 spiro atoms. The predicted octanol–water partition coefficient (Wildman–Crippen LogP) is 4.17. The van der Waals surface area contributed by atoms with Crippen LogP contribution in [0.4, 0.5) is 0 Å². The smallest absolute Gasteiger partial charge is 0.227 e. The number of pyridine rings is 1. The van der Waals surface area contributed by atoms with Gasteiger partial charge in [-0.25, -0.2) is 0 Å². The van der Waals surface area contributed by atoms with Crippen LogP contribution in [0.5, 0.6) is 0 Å². The van der Waals surface area contributed by atoms with E-state index in [0.29, 0.717) is 16.2 Å². The zero-order chi connectivity index (χ0) is 20.4. The summed E-state index contributed by atoms with van der Waals surface area (Å²) in [4.78, 5) is 0. The fourth-order valence-electron chi connectivity index (χ4n) is 3.96. The first-order valence-electron chi connectivity index (χ1n) is 9.16. The van der Waals surface area contributed by atoms with Crippen LogP contribution in [0.25, 0.3) is 0 Å². The number of halogens is 1. The molecule has 2 heterocycles. The lowest BCUT2D eigenvalue weighted by molar-refractivity contribution is -0.743. The lowest BCUT2D eigenvalue weighted by atomic mass is 9.75. The van der Waals surface area contributed by atoms with Gasteiger partial charge in [-0.15, -0.1) is 12.6 Å². The van der Waals surface area contributed by atoms with E-state index >= 15 is 0 Å². The average molecular weight is 465 g/mol. The number of nitrogens with one attached hydrogen (secondary N) is 1. The largest absolute Gasteiger partial charge is 0.362 e. The number of aromatic nitrogens is 1. The summed E-state index contributed by atoms with van der Waals surface area (Å²) >= 11 is 8.19. The van der Waals surface area contributed by atoms with E-state index in [1.54, 1.807) is 0 Å². The Kier molecular flexibility index (Phi) is 5.46. The number of hydrogen-bond donors (Lipinski definition) is 3. The minimum atomic E-state index is -1.48. The van der Waals surface area contributed by atoms with Crippen LogP contribution in [0.15, 0.2) is 100 Å². The Labute approximate surface area is 183 Å². The predicted molar refractivity (Wildman–Crippen MR) is 118 cm³/mol. The van der Waals surface area contributed by atoms with Crippen LogP contribution < -0.4 is 9.88 Å². The molecule has 0 unspecified atom stereocenters. The first-order chi connectivity index (χ1) is 14.1. The normalized spacial score (nSPS) is 23.9. The number of rotatable bonds is 3. The van der Waals surface area contributed by atoms with Crippen molar-refractivity contribution in [2.75, 3.05) is 0 Å². The van der Waals surface area contributed by atoms with Crippen molar-refractivity contribution in [2.24, 2.45) is 0 Å². The fraction of sp³-hybridized carbons (Fsp3) is 0.130. The number of aliphatic hydroxyl groups is 1. The van der Waals surface area contributed by atoms with Gasteiger partial charge in [0.1, 0.15) is 0 Å². The molecule has 3 aromatic rings. The zero-order valence-corrected chi connectivity index (χ0v) is 17.9. The molecule has 0 fully saturated rings. The summed E-state index contributed by atoms with van der Waals surface area (Å²) < 4.78 is 2.82. The number of allylic oxidation sites excluding steroid dienone is 1. The highest BCUT2D eigenvalue weighted by Crippen LogP contribution is 2.48. The van der Waals surface area contributed by atoms with Crippen LogP contribution >= 0.6 is 28.6 Å².